The van der Waals surface area contributed by atoms with Gasteiger partial charge in [-0.05, 0) is 49.7 Å². The lowest BCUT2D eigenvalue weighted by molar-refractivity contribution is -0.137. The number of hydrogen-bond acceptors (Lipinski definition) is 9. The van der Waals surface area contributed by atoms with Crippen LogP contribution in [0.1, 0.15) is 53.9 Å². The van der Waals surface area contributed by atoms with Gasteiger partial charge in [-0.3, -0.25) is 14.5 Å². The zero-order chi connectivity index (χ0) is 34.8. The predicted octanol–water partition coefficient (Wildman–Crippen LogP) is 5.27. The first kappa shape index (κ1) is 37.8. The highest BCUT2D eigenvalue weighted by Gasteiger charge is 2.44. The Hall–Kier alpha value is -3.41. The quantitative estimate of drug-likeness (QED) is 0.271. The van der Waals surface area contributed by atoms with Crippen LogP contribution >= 0.6 is 35.6 Å². The van der Waals surface area contributed by atoms with Crippen LogP contribution in [0.2, 0.25) is 10.0 Å². The molecule has 3 atom stereocenters. The summed E-state index contributed by atoms with van der Waals surface area (Å²) in [6, 6.07) is 13.9. The molecule has 2 aromatic rings. The maximum atomic E-state index is 14.1. The number of ether oxygens (including phenoxy) is 2. The number of ketones is 1. The number of nitrogens with zero attached hydrogens (tertiary/aromatic N) is 3. The Bertz CT molecular complexity index is 1640. The van der Waals surface area contributed by atoms with E-state index < -0.39 is 17.9 Å². The number of Topliss-reactive ketones (excluding diaryl/α,β-unsaturated/α-hetero) is 1. The molecular formula is C37H42Cl3N3O7. The van der Waals surface area contributed by atoms with E-state index >= 15 is 0 Å². The topological polar surface area (TPSA) is 117 Å². The van der Waals surface area contributed by atoms with Crippen molar-refractivity contribution in [2.45, 2.75) is 50.2 Å². The average Bonchev–Trinajstić information content (AvgIpc) is 3.66. The number of hydrogen-bond donors (Lipinski definition) is 1. The van der Waals surface area contributed by atoms with Crippen molar-refractivity contribution in [1.29, 1.82) is 0 Å². The summed E-state index contributed by atoms with van der Waals surface area (Å²) >= 11 is 13.3. The molecular weight excluding hydrogens is 705 g/mol. The van der Waals surface area contributed by atoms with Gasteiger partial charge in [0.25, 0.3) is 0 Å². The SMILES string of the molecule is COC(=O)C1=CN(CC(=O)c2ccccc2)C(CC(=O)N2CCN(C3CC4CC(O)CC4C3)CC2)=C(C(=O)OC)C1c1c(Cl)cccc1Cl.Cl. The molecule has 3 unspecified atom stereocenters. The zero-order valence-electron chi connectivity index (χ0n) is 28.1. The summed E-state index contributed by atoms with van der Waals surface area (Å²) in [4.78, 5) is 60.6. The van der Waals surface area contributed by atoms with E-state index in [0.29, 0.717) is 36.5 Å². The van der Waals surface area contributed by atoms with Gasteiger partial charge in [-0.2, -0.15) is 0 Å². The van der Waals surface area contributed by atoms with E-state index in [-0.39, 0.29) is 75.6 Å². The van der Waals surface area contributed by atoms with Crippen molar-refractivity contribution < 1.29 is 33.8 Å². The molecule has 10 nitrogen and oxygen atoms in total. The van der Waals surface area contributed by atoms with Crippen molar-refractivity contribution in [2.24, 2.45) is 11.8 Å². The van der Waals surface area contributed by atoms with Crippen LogP contribution in [-0.4, -0.2) is 103 Å². The van der Waals surface area contributed by atoms with Crippen LogP contribution in [0.3, 0.4) is 0 Å². The lowest BCUT2D eigenvalue weighted by Crippen LogP contribution is -2.52. The Morgan fingerprint density at radius 2 is 1.42 bits per heavy atom. The lowest BCUT2D eigenvalue weighted by atomic mass is 9.80. The Balaban J connectivity index is 0.00000486. The van der Waals surface area contributed by atoms with Crippen LogP contribution in [0, 0.1) is 11.8 Å². The normalized spacial score (nSPS) is 25.1. The van der Waals surface area contributed by atoms with Gasteiger partial charge in [0.2, 0.25) is 5.91 Å². The van der Waals surface area contributed by atoms with Gasteiger partial charge in [-0.15, -0.1) is 12.4 Å². The molecule has 2 aromatic carbocycles. The average molecular weight is 747 g/mol. The van der Waals surface area contributed by atoms with E-state index in [1.807, 2.05) is 0 Å². The second kappa shape index (κ2) is 16.3. The van der Waals surface area contributed by atoms with Crippen LogP contribution in [0.25, 0.3) is 0 Å². The van der Waals surface area contributed by atoms with Gasteiger partial charge in [0.05, 0.1) is 50.4 Å². The number of halogens is 3. The van der Waals surface area contributed by atoms with Crippen molar-refractivity contribution in [2.75, 3.05) is 46.9 Å². The van der Waals surface area contributed by atoms with E-state index in [0.717, 1.165) is 38.8 Å². The van der Waals surface area contributed by atoms with Gasteiger partial charge < -0.3 is 24.4 Å². The van der Waals surface area contributed by atoms with Crippen molar-refractivity contribution in [1.82, 2.24) is 14.7 Å². The first-order valence-electron chi connectivity index (χ1n) is 16.7. The van der Waals surface area contributed by atoms with Crippen molar-refractivity contribution >= 4 is 59.2 Å². The number of aliphatic hydroxyl groups excluding tert-OH is 1. The van der Waals surface area contributed by atoms with Crippen LogP contribution in [0.5, 0.6) is 0 Å². The zero-order valence-corrected chi connectivity index (χ0v) is 30.4. The maximum Gasteiger partial charge on any atom is 0.336 e. The maximum absolute atomic E-state index is 14.1. The molecule has 3 fully saturated rings. The number of rotatable bonds is 9. The monoisotopic (exact) mass is 745 g/mol. The van der Waals surface area contributed by atoms with Crippen LogP contribution < -0.4 is 0 Å². The summed E-state index contributed by atoms with van der Waals surface area (Å²) in [5.41, 5.74) is 0.924. The number of piperazine rings is 1. The molecule has 2 aliphatic carbocycles. The number of benzene rings is 2. The fourth-order valence-electron chi connectivity index (χ4n) is 8.17. The smallest absolute Gasteiger partial charge is 0.336 e. The van der Waals surface area contributed by atoms with E-state index in [1.54, 1.807) is 53.4 Å². The third kappa shape index (κ3) is 7.75. The summed E-state index contributed by atoms with van der Waals surface area (Å²) in [7, 11) is 2.43. The minimum absolute atomic E-state index is 0. The number of fused-ring (bicyclic) bond motifs is 1. The van der Waals surface area contributed by atoms with E-state index in [2.05, 4.69) is 4.90 Å². The highest BCUT2D eigenvalue weighted by Crippen LogP contribution is 2.47. The van der Waals surface area contributed by atoms with Crippen LogP contribution in [-0.2, 0) is 23.9 Å². The lowest BCUT2D eigenvalue weighted by Gasteiger charge is -2.40. The first-order chi connectivity index (χ1) is 23.6. The second-order valence-corrected chi connectivity index (χ2v) is 14.1. The van der Waals surface area contributed by atoms with Gasteiger partial charge in [0, 0.05) is 65.3 Å². The van der Waals surface area contributed by atoms with Gasteiger partial charge in [-0.1, -0.05) is 59.6 Å². The molecule has 2 aliphatic heterocycles. The molecule has 1 amide bonds. The number of esters is 2. The minimum atomic E-state index is -1.14. The fourth-order valence-corrected chi connectivity index (χ4v) is 8.78. The fraction of sp³-hybridized carbons (Fsp3) is 0.459. The minimum Gasteiger partial charge on any atom is -0.466 e. The number of carbonyl (C=O) groups excluding carboxylic acids is 4. The van der Waals surface area contributed by atoms with Gasteiger partial charge >= 0.3 is 11.9 Å². The highest BCUT2D eigenvalue weighted by atomic mass is 35.5. The summed E-state index contributed by atoms with van der Waals surface area (Å²) in [5.74, 6) is -2.05. The molecule has 50 heavy (non-hydrogen) atoms. The third-order valence-electron chi connectivity index (χ3n) is 10.5. The molecule has 6 rings (SSSR count). The number of amides is 1. The molecule has 0 spiro atoms. The number of methoxy groups -OCH3 is 2. The molecule has 4 aliphatic rings. The molecule has 0 bridgehead atoms. The number of aliphatic hydroxyl groups is 1. The Morgan fingerprint density at radius 1 is 0.820 bits per heavy atom. The van der Waals surface area contributed by atoms with Crippen LogP contribution in [0.15, 0.2) is 71.6 Å². The summed E-state index contributed by atoms with van der Waals surface area (Å²) < 4.78 is 10.4. The third-order valence-corrected chi connectivity index (χ3v) is 11.2. The van der Waals surface area contributed by atoms with E-state index in [4.69, 9.17) is 32.7 Å². The Morgan fingerprint density at radius 3 is 2.00 bits per heavy atom. The summed E-state index contributed by atoms with van der Waals surface area (Å²) in [6.45, 7) is 2.22. The number of carbonyl (C=O) groups is 4. The summed E-state index contributed by atoms with van der Waals surface area (Å²) in [5, 5.41) is 10.5. The largest absolute Gasteiger partial charge is 0.466 e. The van der Waals surface area contributed by atoms with Gasteiger partial charge in [0.1, 0.15) is 0 Å². The van der Waals surface area contributed by atoms with E-state index in [9.17, 15) is 24.3 Å². The highest BCUT2D eigenvalue weighted by molar-refractivity contribution is 6.36. The Labute approximate surface area is 308 Å². The molecule has 1 N–H and O–H groups in total. The predicted molar refractivity (Wildman–Crippen MR) is 191 cm³/mol. The molecule has 13 heteroatoms. The van der Waals surface area contributed by atoms with Gasteiger partial charge in [0.15, 0.2) is 5.78 Å². The van der Waals surface area contributed by atoms with E-state index in [1.165, 1.54) is 25.3 Å². The molecule has 0 aromatic heterocycles. The van der Waals surface area contributed by atoms with Crippen molar-refractivity contribution in [3.63, 3.8) is 0 Å². The van der Waals surface area contributed by atoms with Gasteiger partial charge in [-0.25, -0.2) is 9.59 Å². The van der Waals surface area contributed by atoms with Crippen molar-refractivity contribution in [3.8, 4) is 0 Å². The molecule has 268 valence electrons. The molecule has 1 saturated heterocycles. The Kier molecular flexibility index (Phi) is 12.3. The molecule has 2 saturated carbocycles. The molecule has 2 heterocycles. The standard InChI is InChI=1S/C37H41Cl2N3O7.ClH/c1-48-36(46)27-20-42(21-31(44)22-7-4-3-5-8-22)30(35(37(47)49-2)33(27)34-28(38)9-6-10-29(34)39)19-32(45)41-13-11-40(12-14-41)25-15-23-17-26(43)18-24(23)16-25;/h3-10,20,23-26,33,43H,11-19,21H2,1-2H3;1H. The van der Waals surface area contributed by atoms with Crippen molar-refractivity contribution in [3.05, 3.63) is 92.7 Å². The second-order valence-electron chi connectivity index (χ2n) is 13.3. The summed E-state index contributed by atoms with van der Waals surface area (Å²) in [6.07, 6.45) is 4.97. The van der Waals surface area contributed by atoms with Crippen LogP contribution in [0.4, 0.5) is 0 Å². The first-order valence-corrected chi connectivity index (χ1v) is 17.4. The molecule has 0 radical (unpaired) electrons.